The van der Waals surface area contributed by atoms with E-state index in [1.165, 1.54) is 0 Å². The summed E-state index contributed by atoms with van der Waals surface area (Å²) >= 11 is 11.8. The minimum absolute atomic E-state index is 0.351. The predicted octanol–water partition coefficient (Wildman–Crippen LogP) is 2.97. The van der Waals surface area contributed by atoms with Gasteiger partial charge in [-0.15, -0.1) is 16.7 Å². The van der Waals surface area contributed by atoms with Crippen LogP contribution in [0.5, 0.6) is 0 Å². The largest absolute Gasteiger partial charge is 0.219 e. The van der Waals surface area contributed by atoms with Gasteiger partial charge in [0.25, 0.3) is 0 Å². The van der Waals surface area contributed by atoms with Gasteiger partial charge in [-0.25, -0.2) is 4.68 Å². The first-order valence-electron chi connectivity index (χ1n) is 4.45. The maximum absolute atomic E-state index is 6.09. The summed E-state index contributed by atoms with van der Waals surface area (Å²) in [5.41, 5.74) is 2.63. The molecule has 3 nitrogen and oxygen atoms in total. The van der Waals surface area contributed by atoms with E-state index in [1.54, 1.807) is 10.9 Å². The summed E-state index contributed by atoms with van der Waals surface area (Å²) < 4.78 is 1.65. The van der Waals surface area contributed by atoms with E-state index >= 15 is 0 Å². The van der Waals surface area contributed by atoms with Gasteiger partial charge in [0.05, 0.1) is 28.5 Å². The highest BCUT2D eigenvalue weighted by molar-refractivity contribution is 6.32. The molecule has 0 fully saturated rings. The molecule has 0 atom stereocenters. The Morgan fingerprint density at radius 1 is 1.40 bits per heavy atom. The van der Waals surface area contributed by atoms with E-state index < -0.39 is 0 Å². The van der Waals surface area contributed by atoms with Gasteiger partial charge < -0.3 is 0 Å². The molecule has 0 bridgehead atoms. The van der Waals surface area contributed by atoms with Crippen LogP contribution >= 0.6 is 23.2 Å². The van der Waals surface area contributed by atoms with Gasteiger partial charge >= 0.3 is 0 Å². The molecule has 0 aliphatic carbocycles. The predicted molar refractivity (Wildman–Crippen MR) is 60.7 cm³/mol. The summed E-state index contributed by atoms with van der Waals surface area (Å²) in [5.74, 6) is 0.351. The molecular formula is C10H9Cl2N3. The Hall–Kier alpha value is -1.06. The fraction of sp³-hybridized carbons (Fsp3) is 0.200. The van der Waals surface area contributed by atoms with Crippen LogP contribution in [0.3, 0.4) is 0 Å². The van der Waals surface area contributed by atoms with Crippen LogP contribution in [0.25, 0.3) is 5.69 Å². The molecule has 5 heteroatoms. The number of hydrogen-bond donors (Lipinski definition) is 0. The standard InChI is InChI=1S/C10H9Cl2N3/c1-7-3-2-4-9(12)10(7)15-6-8(5-11)13-14-15/h2-4,6H,5H2,1H3. The highest BCUT2D eigenvalue weighted by Gasteiger charge is 2.08. The van der Waals surface area contributed by atoms with E-state index in [1.807, 2.05) is 25.1 Å². The molecular weight excluding hydrogens is 233 g/mol. The number of benzene rings is 1. The molecule has 1 heterocycles. The molecule has 0 radical (unpaired) electrons. The Morgan fingerprint density at radius 2 is 2.20 bits per heavy atom. The number of alkyl halides is 1. The molecule has 0 saturated carbocycles. The third kappa shape index (κ3) is 1.98. The lowest BCUT2D eigenvalue weighted by molar-refractivity contribution is 0.796. The zero-order valence-electron chi connectivity index (χ0n) is 8.11. The fourth-order valence-electron chi connectivity index (χ4n) is 1.38. The van der Waals surface area contributed by atoms with Crippen molar-refractivity contribution in [3.8, 4) is 5.69 Å². The van der Waals surface area contributed by atoms with Crippen LogP contribution in [0, 0.1) is 6.92 Å². The minimum Gasteiger partial charge on any atom is -0.219 e. The van der Waals surface area contributed by atoms with E-state index in [0.717, 1.165) is 16.9 Å². The van der Waals surface area contributed by atoms with Crippen LogP contribution in [-0.4, -0.2) is 15.0 Å². The number of aromatic nitrogens is 3. The number of nitrogens with zero attached hydrogens (tertiary/aromatic N) is 3. The van der Waals surface area contributed by atoms with Crippen LogP contribution in [0.1, 0.15) is 11.3 Å². The quantitative estimate of drug-likeness (QED) is 0.758. The first kappa shape index (κ1) is 10.5. The Labute approximate surface area is 97.6 Å². The van der Waals surface area contributed by atoms with Crippen molar-refractivity contribution in [1.29, 1.82) is 0 Å². The second kappa shape index (κ2) is 4.21. The molecule has 15 heavy (non-hydrogen) atoms. The normalized spacial score (nSPS) is 10.6. The summed E-state index contributed by atoms with van der Waals surface area (Å²) in [6, 6.07) is 5.70. The number of rotatable bonds is 2. The maximum atomic E-state index is 6.09. The Bertz CT molecular complexity index is 459. The molecule has 1 aromatic heterocycles. The number of para-hydroxylation sites is 1. The molecule has 1 aromatic carbocycles. The second-order valence-corrected chi connectivity index (χ2v) is 3.87. The first-order valence-corrected chi connectivity index (χ1v) is 5.36. The third-order valence-electron chi connectivity index (χ3n) is 2.10. The average molecular weight is 242 g/mol. The lowest BCUT2D eigenvalue weighted by atomic mass is 10.2. The third-order valence-corrected chi connectivity index (χ3v) is 2.67. The second-order valence-electron chi connectivity index (χ2n) is 3.19. The van der Waals surface area contributed by atoms with Gasteiger partial charge in [-0.3, -0.25) is 0 Å². The van der Waals surface area contributed by atoms with Crippen LogP contribution in [0.15, 0.2) is 24.4 Å². The number of hydrogen-bond acceptors (Lipinski definition) is 2. The lowest BCUT2D eigenvalue weighted by Crippen LogP contribution is -1.98. The molecule has 2 rings (SSSR count). The van der Waals surface area contributed by atoms with E-state index in [-0.39, 0.29) is 0 Å². The van der Waals surface area contributed by atoms with Crippen molar-refractivity contribution < 1.29 is 0 Å². The van der Waals surface area contributed by atoms with Gasteiger partial charge in [-0.05, 0) is 18.6 Å². The topological polar surface area (TPSA) is 30.7 Å². The Morgan fingerprint density at radius 3 is 2.80 bits per heavy atom. The van der Waals surface area contributed by atoms with Crippen molar-refractivity contribution in [3.63, 3.8) is 0 Å². The van der Waals surface area contributed by atoms with Crippen LogP contribution in [-0.2, 0) is 5.88 Å². The SMILES string of the molecule is Cc1cccc(Cl)c1-n1cc(CCl)nn1. The summed E-state index contributed by atoms with van der Waals surface area (Å²) in [6.45, 7) is 1.98. The van der Waals surface area contributed by atoms with Crippen LogP contribution in [0.2, 0.25) is 5.02 Å². The van der Waals surface area contributed by atoms with Gasteiger partial charge in [0, 0.05) is 0 Å². The van der Waals surface area contributed by atoms with Gasteiger partial charge in [0.2, 0.25) is 0 Å². The zero-order chi connectivity index (χ0) is 10.8. The van der Waals surface area contributed by atoms with Crippen molar-refractivity contribution in [2.45, 2.75) is 12.8 Å². The molecule has 0 spiro atoms. The van der Waals surface area contributed by atoms with Crippen molar-refractivity contribution in [2.24, 2.45) is 0 Å². The van der Waals surface area contributed by atoms with Crippen molar-refractivity contribution in [1.82, 2.24) is 15.0 Å². The van der Waals surface area contributed by atoms with Crippen molar-refractivity contribution in [2.75, 3.05) is 0 Å². The molecule has 0 amide bonds. The van der Waals surface area contributed by atoms with Gasteiger partial charge in [0.15, 0.2) is 0 Å². The Balaban J connectivity index is 2.53. The highest BCUT2D eigenvalue weighted by Crippen LogP contribution is 2.23. The maximum Gasteiger partial charge on any atom is 0.0979 e. The molecule has 0 N–H and O–H groups in total. The molecule has 0 unspecified atom stereocenters. The van der Waals surface area contributed by atoms with E-state index in [4.69, 9.17) is 23.2 Å². The fourth-order valence-corrected chi connectivity index (χ4v) is 1.81. The molecule has 0 saturated heterocycles. The van der Waals surface area contributed by atoms with Gasteiger partial charge in [-0.1, -0.05) is 28.9 Å². The minimum atomic E-state index is 0.351. The van der Waals surface area contributed by atoms with Gasteiger partial charge in [0.1, 0.15) is 0 Å². The van der Waals surface area contributed by atoms with Crippen LogP contribution < -0.4 is 0 Å². The number of aryl methyl sites for hydroxylation is 1. The van der Waals surface area contributed by atoms with Crippen molar-refractivity contribution >= 4 is 23.2 Å². The lowest BCUT2D eigenvalue weighted by Gasteiger charge is -2.06. The summed E-state index contributed by atoms with van der Waals surface area (Å²) in [4.78, 5) is 0. The van der Waals surface area contributed by atoms with Crippen molar-refractivity contribution in [3.05, 3.63) is 40.7 Å². The van der Waals surface area contributed by atoms with E-state index in [2.05, 4.69) is 10.3 Å². The molecule has 0 aliphatic rings. The first-order chi connectivity index (χ1) is 7.22. The zero-order valence-corrected chi connectivity index (χ0v) is 9.63. The summed E-state index contributed by atoms with van der Waals surface area (Å²) in [6.07, 6.45) is 1.78. The molecule has 78 valence electrons. The highest BCUT2D eigenvalue weighted by atomic mass is 35.5. The monoisotopic (exact) mass is 241 g/mol. The molecule has 0 aliphatic heterocycles. The Kier molecular flexibility index (Phi) is 2.93. The smallest absolute Gasteiger partial charge is 0.0979 e. The molecule has 2 aromatic rings. The van der Waals surface area contributed by atoms with Gasteiger partial charge in [-0.2, -0.15) is 0 Å². The van der Waals surface area contributed by atoms with E-state index in [9.17, 15) is 0 Å². The van der Waals surface area contributed by atoms with Crippen LogP contribution in [0.4, 0.5) is 0 Å². The number of halogens is 2. The summed E-state index contributed by atoms with van der Waals surface area (Å²) in [5, 5.41) is 8.55. The van der Waals surface area contributed by atoms with E-state index in [0.29, 0.717) is 10.9 Å². The average Bonchev–Trinajstić information content (AvgIpc) is 2.66. The summed E-state index contributed by atoms with van der Waals surface area (Å²) in [7, 11) is 0.